The molecule has 0 aliphatic heterocycles. The maximum Gasteiger partial charge on any atom is 0.156 e. The lowest BCUT2D eigenvalue weighted by Gasteiger charge is -2.11. The van der Waals surface area contributed by atoms with Gasteiger partial charge in [-0.15, -0.1) is 12.4 Å². The quantitative estimate of drug-likeness (QED) is 0.728. The standard InChI is InChI=1S/C17H19Cl2NO2.ClH/c1-3-22-17-15(18)8-13(9-16(17)19)11-20-10-12-4-6-14(21-2)7-5-12;/h4-9,20H,3,10-11H2,1-2H3;1H. The minimum absolute atomic E-state index is 0. The Labute approximate surface area is 153 Å². The molecule has 0 bridgehead atoms. The molecule has 0 aromatic heterocycles. The van der Waals surface area contributed by atoms with Gasteiger partial charge in [-0.05, 0) is 42.3 Å². The van der Waals surface area contributed by atoms with E-state index in [9.17, 15) is 0 Å². The molecule has 23 heavy (non-hydrogen) atoms. The third-order valence-corrected chi connectivity index (χ3v) is 3.73. The van der Waals surface area contributed by atoms with Gasteiger partial charge in [0, 0.05) is 13.1 Å². The van der Waals surface area contributed by atoms with E-state index in [1.54, 1.807) is 7.11 Å². The molecule has 0 heterocycles. The third kappa shape index (κ3) is 5.78. The van der Waals surface area contributed by atoms with Crippen LogP contribution in [-0.4, -0.2) is 13.7 Å². The molecule has 2 aromatic rings. The molecule has 0 aliphatic carbocycles. The van der Waals surface area contributed by atoms with Crippen molar-refractivity contribution in [3.63, 3.8) is 0 Å². The van der Waals surface area contributed by atoms with Gasteiger partial charge < -0.3 is 14.8 Å². The summed E-state index contributed by atoms with van der Waals surface area (Å²) in [6.07, 6.45) is 0. The highest BCUT2D eigenvalue weighted by Crippen LogP contribution is 2.34. The molecule has 2 rings (SSSR count). The van der Waals surface area contributed by atoms with Crippen molar-refractivity contribution in [2.24, 2.45) is 0 Å². The molecule has 1 N–H and O–H groups in total. The third-order valence-electron chi connectivity index (χ3n) is 3.16. The van der Waals surface area contributed by atoms with Crippen molar-refractivity contribution in [2.75, 3.05) is 13.7 Å². The maximum atomic E-state index is 6.19. The Morgan fingerprint density at radius 2 is 1.52 bits per heavy atom. The van der Waals surface area contributed by atoms with Gasteiger partial charge in [-0.1, -0.05) is 35.3 Å². The van der Waals surface area contributed by atoms with Crippen LogP contribution in [0.3, 0.4) is 0 Å². The monoisotopic (exact) mass is 375 g/mol. The second-order valence-electron chi connectivity index (χ2n) is 4.77. The summed E-state index contributed by atoms with van der Waals surface area (Å²) >= 11 is 12.4. The van der Waals surface area contributed by atoms with Crippen molar-refractivity contribution in [3.8, 4) is 11.5 Å². The normalized spacial score (nSPS) is 10.1. The number of benzene rings is 2. The topological polar surface area (TPSA) is 30.5 Å². The van der Waals surface area contributed by atoms with Gasteiger partial charge in [0.2, 0.25) is 0 Å². The fourth-order valence-electron chi connectivity index (χ4n) is 2.09. The van der Waals surface area contributed by atoms with Crippen molar-refractivity contribution in [2.45, 2.75) is 20.0 Å². The number of hydrogen-bond donors (Lipinski definition) is 1. The molecular formula is C17H20Cl3NO2. The number of hydrogen-bond acceptors (Lipinski definition) is 3. The summed E-state index contributed by atoms with van der Waals surface area (Å²) in [5.74, 6) is 1.40. The molecule has 0 fully saturated rings. The molecule has 2 aromatic carbocycles. The molecule has 0 amide bonds. The first-order chi connectivity index (χ1) is 10.6. The first-order valence-electron chi connectivity index (χ1n) is 7.08. The Morgan fingerprint density at radius 1 is 0.957 bits per heavy atom. The molecule has 0 saturated heterocycles. The van der Waals surface area contributed by atoms with Crippen LogP contribution in [0.25, 0.3) is 0 Å². The number of methoxy groups -OCH3 is 1. The Kier molecular flexibility index (Phi) is 8.56. The molecular weight excluding hydrogens is 357 g/mol. The van der Waals surface area contributed by atoms with E-state index in [-0.39, 0.29) is 12.4 Å². The van der Waals surface area contributed by atoms with E-state index in [1.807, 2.05) is 43.3 Å². The molecule has 126 valence electrons. The van der Waals surface area contributed by atoms with Crippen LogP contribution in [0.2, 0.25) is 10.0 Å². The molecule has 0 spiro atoms. The van der Waals surface area contributed by atoms with E-state index in [1.165, 1.54) is 5.56 Å². The first-order valence-corrected chi connectivity index (χ1v) is 7.84. The van der Waals surface area contributed by atoms with Crippen LogP contribution in [0, 0.1) is 0 Å². The van der Waals surface area contributed by atoms with E-state index in [2.05, 4.69) is 5.32 Å². The molecule has 0 saturated carbocycles. The number of halogens is 3. The van der Waals surface area contributed by atoms with Crippen LogP contribution in [-0.2, 0) is 13.1 Å². The first kappa shape index (κ1) is 19.9. The van der Waals surface area contributed by atoms with Crippen molar-refractivity contribution >= 4 is 35.6 Å². The molecule has 0 atom stereocenters. The number of ether oxygens (including phenoxy) is 2. The van der Waals surface area contributed by atoms with E-state index in [4.69, 9.17) is 32.7 Å². The molecule has 3 nitrogen and oxygen atoms in total. The van der Waals surface area contributed by atoms with Gasteiger partial charge in [0.1, 0.15) is 5.75 Å². The highest BCUT2D eigenvalue weighted by molar-refractivity contribution is 6.37. The average Bonchev–Trinajstić information content (AvgIpc) is 2.51. The highest BCUT2D eigenvalue weighted by atomic mass is 35.5. The Morgan fingerprint density at radius 3 is 2.04 bits per heavy atom. The smallest absolute Gasteiger partial charge is 0.156 e. The van der Waals surface area contributed by atoms with E-state index >= 15 is 0 Å². The summed E-state index contributed by atoms with van der Waals surface area (Å²) in [6.45, 7) is 3.87. The Bertz CT molecular complexity index is 595. The molecule has 6 heteroatoms. The fraction of sp³-hybridized carbons (Fsp3) is 0.294. The fourth-order valence-corrected chi connectivity index (χ4v) is 2.73. The highest BCUT2D eigenvalue weighted by Gasteiger charge is 2.09. The van der Waals surface area contributed by atoms with Gasteiger partial charge in [0.15, 0.2) is 5.75 Å². The van der Waals surface area contributed by atoms with Crippen molar-refractivity contribution in [3.05, 3.63) is 57.6 Å². The minimum atomic E-state index is 0. The van der Waals surface area contributed by atoms with Crippen molar-refractivity contribution in [1.29, 1.82) is 0 Å². The maximum absolute atomic E-state index is 6.19. The van der Waals surface area contributed by atoms with Crippen LogP contribution < -0.4 is 14.8 Å². The van der Waals surface area contributed by atoms with E-state index in [0.717, 1.165) is 17.9 Å². The Hall–Kier alpha value is -1.13. The van der Waals surface area contributed by atoms with Gasteiger partial charge in [0.25, 0.3) is 0 Å². The van der Waals surface area contributed by atoms with Crippen LogP contribution >= 0.6 is 35.6 Å². The van der Waals surface area contributed by atoms with Crippen LogP contribution in [0.4, 0.5) is 0 Å². The minimum Gasteiger partial charge on any atom is -0.497 e. The predicted molar refractivity (Wildman–Crippen MR) is 98.4 cm³/mol. The van der Waals surface area contributed by atoms with Gasteiger partial charge in [-0.2, -0.15) is 0 Å². The lowest BCUT2D eigenvalue weighted by Crippen LogP contribution is -2.12. The number of nitrogens with one attached hydrogen (secondary N) is 1. The van der Waals surface area contributed by atoms with Gasteiger partial charge in [-0.3, -0.25) is 0 Å². The van der Waals surface area contributed by atoms with Gasteiger partial charge in [-0.25, -0.2) is 0 Å². The lowest BCUT2D eigenvalue weighted by atomic mass is 10.2. The second-order valence-corrected chi connectivity index (χ2v) is 5.59. The van der Waals surface area contributed by atoms with Crippen LogP contribution in [0.5, 0.6) is 11.5 Å². The summed E-state index contributed by atoms with van der Waals surface area (Å²) in [4.78, 5) is 0. The molecule has 0 unspecified atom stereocenters. The largest absolute Gasteiger partial charge is 0.497 e. The summed E-state index contributed by atoms with van der Waals surface area (Å²) in [5, 5.41) is 4.44. The summed E-state index contributed by atoms with van der Waals surface area (Å²) < 4.78 is 10.6. The zero-order valence-electron chi connectivity index (χ0n) is 13.1. The zero-order valence-corrected chi connectivity index (χ0v) is 15.4. The van der Waals surface area contributed by atoms with Crippen LogP contribution in [0.1, 0.15) is 18.1 Å². The zero-order chi connectivity index (χ0) is 15.9. The van der Waals surface area contributed by atoms with Crippen molar-refractivity contribution in [1.82, 2.24) is 5.32 Å². The van der Waals surface area contributed by atoms with Crippen molar-refractivity contribution < 1.29 is 9.47 Å². The molecule has 0 aliphatic rings. The SMILES string of the molecule is CCOc1c(Cl)cc(CNCc2ccc(OC)cc2)cc1Cl.Cl. The summed E-state index contributed by atoms with van der Waals surface area (Å²) in [6, 6.07) is 11.7. The van der Waals surface area contributed by atoms with E-state index < -0.39 is 0 Å². The van der Waals surface area contributed by atoms with E-state index in [0.29, 0.717) is 28.9 Å². The summed E-state index contributed by atoms with van der Waals surface area (Å²) in [5.41, 5.74) is 2.20. The molecule has 0 radical (unpaired) electrons. The second kappa shape index (κ2) is 9.89. The summed E-state index contributed by atoms with van der Waals surface area (Å²) in [7, 11) is 1.66. The van der Waals surface area contributed by atoms with Gasteiger partial charge in [0.05, 0.1) is 23.8 Å². The van der Waals surface area contributed by atoms with Crippen LogP contribution in [0.15, 0.2) is 36.4 Å². The average molecular weight is 377 g/mol. The van der Waals surface area contributed by atoms with Gasteiger partial charge >= 0.3 is 0 Å². The number of rotatable bonds is 7. The lowest BCUT2D eigenvalue weighted by molar-refractivity contribution is 0.340. The predicted octanol–water partition coefficient (Wildman–Crippen LogP) is 5.11. The Balaban J connectivity index is 0.00000264.